The lowest BCUT2D eigenvalue weighted by Gasteiger charge is -2.40. The van der Waals surface area contributed by atoms with E-state index in [-0.39, 0.29) is 25.3 Å². The van der Waals surface area contributed by atoms with Crippen molar-refractivity contribution < 1.29 is 22.8 Å². The number of alkyl halides is 3. The molecule has 0 radical (unpaired) electrons. The summed E-state index contributed by atoms with van der Waals surface area (Å²) in [6.45, 7) is 1.21. The van der Waals surface area contributed by atoms with Gasteiger partial charge in [-0.25, -0.2) is 0 Å². The molecule has 136 valence electrons. The zero-order chi connectivity index (χ0) is 18.2. The van der Waals surface area contributed by atoms with E-state index >= 15 is 0 Å². The van der Waals surface area contributed by atoms with Crippen molar-refractivity contribution in [1.29, 1.82) is 0 Å². The zero-order valence-electron chi connectivity index (χ0n) is 14.0. The van der Waals surface area contributed by atoms with E-state index in [0.717, 1.165) is 35.3 Å². The first-order valence-corrected chi connectivity index (χ1v) is 8.53. The van der Waals surface area contributed by atoms with E-state index in [4.69, 9.17) is 0 Å². The Morgan fingerprint density at radius 2 is 1.96 bits per heavy atom. The maximum absolute atomic E-state index is 13.4. The number of nitrogens with zero attached hydrogens (tertiary/aromatic N) is 1. The molecule has 2 aliphatic rings. The standard InChI is InChI=1S/C18H21F3N2O2/c1-11(24)22-13-8-9-16(18(19,20)21)23(10-13)17(25)15-7-3-5-12-4-2-6-14(12)15/h3,5,7,13,16H,2,4,6,8-10H2,1H3,(H,22,24)/t13-,16+/m1/s1. The molecule has 25 heavy (non-hydrogen) atoms. The Hall–Kier alpha value is -2.05. The second-order valence-electron chi connectivity index (χ2n) is 6.79. The van der Waals surface area contributed by atoms with Crippen LogP contribution in [0.25, 0.3) is 0 Å². The Morgan fingerprint density at radius 1 is 1.20 bits per heavy atom. The summed E-state index contributed by atoms with van der Waals surface area (Å²) < 4.78 is 40.3. The van der Waals surface area contributed by atoms with Crippen LogP contribution in [-0.2, 0) is 17.6 Å². The highest BCUT2D eigenvalue weighted by Gasteiger charge is 2.48. The molecule has 1 aromatic carbocycles. The van der Waals surface area contributed by atoms with E-state index in [1.54, 1.807) is 12.1 Å². The van der Waals surface area contributed by atoms with E-state index in [9.17, 15) is 22.8 Å². The predicted molar refractivity (Wildman–Crippen MR) is 86.2 cm³/mol. The van der Waals surface area contributed by atoms with Crippen LogP contribution in [0, 0.1) is 0 Å². The molecule has 3 rings (SSSR count). The van der Waals surface area contributed by atoms with Gasteiger partial charge in [-0.2, -0.15) is 13.2 Å². The van der Waals surface area contributed by atoms with Crippen molar-refractivity contribution in [2.45, 2.75) is 57.3 Å². The number of benzene rings is 1. The number of carbonyl (C=O) groups is 2. The third kappa shape index (κ3) is 3.65. The summed E-state index contributed by atoms with van der Waals surface area (Å²) in [7, 11) is 0. The fourth-order valence-corrected chi connectivity index (χ4v) is 3.92. The molecule has 1 heterocycles. The molecule has 2 atom stereocenters. The van der Waals surface area contributed by atoms with Crippen LogP contribution in [0.4, 0.5) is 13.2 Å². The van der Waals surface area contributed by atoms with Crippen molar-refractivity contribution >= 4 is 11.8 Å². The molecule has 1 saturated heterocycles. The summed E-state index contributed by atoms with van der Waals surface area (Å²) >= 11 is 0. The van der Waals surface area contributed by atoms with Gasteiger partial charge in [0, 0.05) is 25.1 Å². The molecule has 0 aromatic heterocycles. The van der Waals surface area contributed by atoms with Gasteiger partial charge >= 0.3 is 6.18 Å². The first kappa shape index (κ1) is 17.8. The van der Waals surface area contributed by atoms with Crippen molar-refractivity contribution in [3.8, 4) is 0 Å². The number of nitrogens with one attached hydrogen (secondary N) is 1. The fourth-order valence-electron chi connectivity index (χ4n) is 3.92. The Balaban J connectivity index is 1.90. The summed E-state index contributed by atoms with van der Waals surface area (Å²) in [5, 5.41) is 2.64. The van der Waals surface area contributed by atoms with Gasteiger partial charge in [0.1, 0.15) is 6.04 Å². The number of rotatable bonds is 2. The Morgan fingerprint density at radius 3 is 2.64 bits per heavy atom. The highest BCUT2D eigenvalue weighted by atomic mass is 19.4. The van der Waals surface area contributed by atoms with E-state index < -0.39 is 24.2 Å². The lowest BCUT2D eigenvalue weighted by Crippen LogP contribution is -2.58. The number of carbonyl (C=O) groups excluding carboxylic acids is 2. The number of halogens is 3. The fraction of sp³-hybridized carbons (Fsp3) is 0.556. The second-order valence-corrected chi connectivity index (χ2v) is 6.79. The van der Waals surface area contributed by atoms with Crippen LogP contribution >= 0.6 is 0 Å². The molecule has 1 fully saturated rings. The van der Waals surface area contributed by atoms with Crippen molar-refractivity contribution in [2.24, 2.45) is 0 Å². The van der Waals surface area contributed by atoms with E-state index in [1.165, 1.54) is 6.92 Å². The minimum Gasteiger partial charge on any atom is -0.352 e. The normalized spacial score (nSPS) is 23.3. The van der Waals surface area contributed by atoms with Gasteiger partial charge in [0.25, 0.3) is 5.91 Å². The average molecular weight is 354 g/mol. The molecule has 1 aliphatic heterocycles. The predicted octanol–water partition coefficient (Wildman–Crippen LogP) is 2.85. The molecule has 7 heteroatoms. The molecule has 0 unspecified atom stereocenters. The van der Waals surface area contributed by atoms with Crippen LogP contribution in [0.2, 0.25) is 0 Å². The van der Waals surface area contributed by atoms with E-state index in [2.05, 4.69) is 5.32 Å². The summed E-state index contributed by atoms with van der Waals surface area (Å²) in [6.07, 6.45) is -1.98. The van der Waals surface area contributed by atoms with Crippen molar-refractivity contribution in [3.05, 3.63) is 34.9 Å². The van der Waals surface area contributed by atoms with Crippen molar-refractivity contribution in [3.63, 3.8) is 0 Å². The highest BCUT2D eigenvalue weighted by molar-refractivity contribution is 5.96. The molecule has 2 amide bonds. The Bertz CT molecular complexity index is 687. The van der Waals surface area contributed by atoms with Crippen molar-refractivity contribution in [2.75, 3.05) is 6.54 Å². The lowest BCUT2D eigenvalue weighted by atomic mass is 9.95. The maximum Gasteiger partial charge on any atom is 0.408 e. The second kappa shape index (κ2) is 6.69. The van der Waals surface area contributed by atoms with Crippen LogP contribution in [0.1, 0.15) is 47.7 Å². The van der Waals surface area contributed by atoms with Gasteiger partial charge in [-0.05, 0) is 49.3 Å². The molecule has 4 nitrogen and oxygen atoms in total. The SMILES string of the molecule is CC(=O)N[C@@H]1CC[C@@H](C(F)(F)F)N(C(=O)c2cccc3c2CCC3)C1. The summed E-state index contributed by atoms with van der Waals surface area (Å²) in [5.41, 5.74) is 2.28. The monoisotopic (exact) mass is 354 g/mol. The van der Waals surface area contributed by atoms with Crippen LogP contribution in [0.5, 0.6) is 0 Å². The van der Waals surface area contributed by atoms with Crippen molar-refractivity contribution in [1.82, 2.24) is 10.2 Å². The Kier molecular flexibility index (Phi) is 4.75. The average Bonchev–Trinajstić information content (AvgIpc) is 3.01. The topological polar surface area (TPSA) is 49.4 Å². The quantitative estimate of drug-likeness (QED) is 0.888. The maximum atomic E-state index is 13.4. The number of hydrogen-bond donors (Lipinski definition) is 1. The number of likely N-dealkylation sites (tertiary alicyclic amines) is 1. The molecule has 1 N–H and O–H groups in total. The minimum absolute atomic E-state index is 0.119. The smallest absolute Gasteiger partial charge is 0.352 e. The molecular weight excluding hydrogens is 333 g/mol. The number of amides is 2. The summed E-state index contributed by atoms with van der Waals surface area (Å²) in [4.78, 5) is 25.1. The molecule has 0 bridgehead atoms. The van der Waals surface area contributed by atoms with E-state index in [0.29, 0.717) is 5.56 Å². The van der Waals surface area contributed by atoms with Gasteiger partial charge in [-0.1, -0.05) is 12.1 Å². The van der Waals surface area contributed by atoms with Gasteiger partial charge in [0.15, 0.2) is 0 Å². The summed E-state index contributed by atoms with van der Waals surface area (Å²) in [6, 6.07) is 3.02. The third-order valence-electron chi connectivity index (χ3n) is 5.00. The molecule has 0 saturated carbocycles. The van der Waals surface area contributed by atoms with Gasteiger partial charge in [-0.3, -0.25) is 9.59 Å². The molecular formula is C18H21F3N2O2. The van der Waals surface area contributed by atoms with Gasteiger partial charge in [-0.15, -0.1) is 0 Å². The molecule has 1 aromatic rings. The largest absolute Gasteiger partial charge is 0.408 e. The minimum atomic E-state index is -4.48. The number of aryl methyl sites for hydroxylation is 1. The Labute approximate surface area is 144 Å². The van der Waals surface area contributed by atoms with Gasteiger partial charge in [0.05, 0.1) is 0 Å². The number of fused-ring (bicyclic) bond motifs is 1. The zero-order valence-corrected chi connectivity index (χ0v) is 14.0. The van der Waals surface area contributed by atoms with E-state index in [1.807, 2.05) is 6.07 Å². The summed E-state index contributed by atoms with van der Waals surface area (Å²) in [5.74, 6) is -0.889. The number of piperidine rings is 1. The molecule has 1 aliphatic carbocycles. The highest BCUT2D eigenvalue weighted by Crippen LogP contribution is 2.34. The van der Waals surface area contributed by atoms with Crippen LogP contribution in [0.3, 0.4) is 0 Å². The molecule has 0 spiro atoms. The lowest BCUT2D eigenvalue weighted by molar-refractivity contribution is -0.184. The van der Waals surface area contributed by atoms with Crippen LogP contribution < -0.4 is 5.32 Å². The first-order chi connectivity index (χ1) is 11.8. The van der Waals surface area contributed by atoms with Gasteiger partial charge in [0.2, 0.25) is 5.91 Å². The van der Waals surface area contributed by atoms with Crippen LogP contribution in [-0.4, -0.2) is 41.5 Å². The first-order valence-electron chi connectivity index (χ1n) is 8.53. The van der Waals surface area contributed by atoms with Gasteiger partial charge < -0.3 is 10.2 Å². The van der Waals surface area contributed by atoms with Crippen LogP contribution in [0.15, 0.2) is 18.2 Å². The number of hydrogen-bond acceptors (Lipinski definition) is 2. The third-order valence-corrected chi connectivity index (χ3v) is 5.00.